The summed E-state index contributed by atoms with van der Waals surface area (Å²) in [5.74, 6) is -1.74. The van der Waals surface area contributed by atoms with Crippen molar-refractivity contribution in [2.24, 2.45) is 11.8 Å². The Kier molecular flexibility index (Phi) is 5.20. The van der Waals surface area contributed by atoms with Crippen molar-refractivity contribution < 1.29 is 18.4 Å². The van der Waals surface area contributed by atoms with Gasteiger partial charge in [0, 0.05) is 50.9 Å². The Morgan fingerprint density at radius 1 is 1.28 bits per heavy atom. The minimum Gasteiger partial charge on any atom is -0.371 e. The fraction of sp³-hybridized carbons (Fsp3) is 0.556. The van der Waals surface area contributed by atoms with Crippen LogP contribution in [0.4, 0.5) is 14.5 Å². The molecule has 2 saturated heterocycles. The summed E-state index contributed by atoms with van der Waals surface area (Å²) in [5.41, 5.74) is 0.660. The number of nitrogens with one attached hydrogen (secondary N) is 1. The maximum atomic E-state index is 13.4. The molecule has 1 N–H and O–H groups in total. The summed E-state index contributed by atoms with van der Waals surface area (Å²) in [4.78, 5) is 27.7. The highest BCUT2D eigenvalue weighted by Crippen LogP contribution is 2.25. The molecule has 0 saturated carbocycles. The van der Waals surface area contributed by atoms with E-state index in [0.29, 0.717) is 31.9 Å². The third-order valence-electron chi connectivity index (χ3n) is 5.09. The van der Waals surface area contributed by atoms with Gasteiger partial charge in [-0.2, -0.15) is 0 Å². The molecule has 1 aromatic carbocycles. The molecule has 0 radical (unpaired) electrons. The van der Waals surface area contributed by atoms with E-state index in [1.54, 1.807) is 11.0 Å². The quantitative estimate of drug-likeness (QED) is 0.880. The largest absolute Gasteiger partial charge is 0.371 e. The second-order valence-electron chi connectivity index (χ2n) is 6.78. The highest BCUT2D eigenvalue weighted by molar-refractivity contribution is 5.89. The van der Waals surface area contributed by atoms with Crippen LogP contribution in [0.15, 0.2) is 18.2 Å². The SMILES string of the molecule is CCN1C[C@H](C(=O)NC[C@@H]2CCN(c3ccc(F)c(F)c3)C2)CC1=O. The van der Waals surface area contributed by atoms with Gasteiger partial charge in [-0.3, -0.25) is 9.59 Å². The van der Waals surface area contributed by atoms with Crippen LogP contribution in [-0.4, -0.2) is 49.4 Å². The summed E-state index contributed by atoms with van der Waals surface area (Å²) in [5, 5.41) is 2.95. The van der Waals surface area contributed by atoms with Crippen molar-refractivity contribution in [3.05, 3.63) is 29.8 Å². The highest BCUT2D eigenvalue weighted by atomic mass is 19.2. The lowest BCUT2D eigenvalue weighted by atomic mass is 10.1. The Morgan fingerprint density at radius 2 is 2.08 bits per heavy atom. The van der Waals surface area contributed by atoms with E-state index >= 15 is 0 Å². The summed E-state index contributed by atoms with van der Waals surface area (Å²) in [6.07, 6.45) is 1.16. The van der Waals surface area contributed by atoms with Crippen molar-refractivity contribution in [1.29, 1.82) is 0 Å². The first-order chi connectivity index (χ1) is 12.0. The maximum absolute atomic E-state index is 13.4. The van der Waals surface area contributed by atoms with Crippen molar-refractivity contribution in [1.82, 2.24) is 10.2 Å². The standard InChI is InChI=1S/C18H23F2N3O2/c1-2-22-11-13(7-17(22)24)18(25)21-9-12-5-6-23(10-12)14-3-4-15(19)16(20)8-14/h3-4,8,12-13H,2,5-7,9-11H2,1H3,(H,21,25)/t12-,13+/m0/s1. The van der Waals surface area contributed by atoms with Crippen LogP contribution in [0.5, 0.6) is 0 Å². The predicted molar refractivity (Wildman–Crippen MR) is 90.0 cm³/mol. The summed E-state index contributed by atoms with van der Waals surface area (Å²) in [6.45, 7) is 5.01. The maximum Gasteiger partial charge on any atom is 0.225 e. The van der Waals surface area contributed by atoms with Crippen LogP contribution >= 0.6 is 0 Å². The molecule has 136 valence electrons. The molecule has 2 aliphatic heterocycles. The van der Waals surface area contributed by atoms with Crippen molar-refractivity contribution >= 4 is 17.5 Å². The van der Waals surface area contributed by atoms with Crippen LogP contribution in [0.1, 0.15) is 19.8 Å². The predicted octanol–water partition coefficient (Wildman–Crippen LogP) is 1.78. The molecule has 2 aliphatic rings. The number of amides is 2. The van der Waals surface area contributed by atoms with Crippen LogP contribution in [0.2, 0.25) is 0 Å². The third kappa shape index (κ3) is 3.91. The van der Waals surface area contributed by atoms with Crippen LogP contribution in [0.25, 0.3) is 0 Å². The van der Waals surface area contributed by atoms with Gasteiger partial charge in [0.15, 0.2) is 11.6 Å². The smallest absolute Gasteiger partial charge is 0.225 e. The van der Waals surface area contributed by atoms with Gasteiger partial charge in [0.25, 0.3) is 0 Å². The molecule has 7 heteroatoms. The summed E-state index contributed by atoms with van der Waals surface area (Å²) in [6, 6.07) is 3.92. The van der Waals surface area contributed by atoms with Gasteiger partial charge in [0.05, 0.1) is 5.92 Å². The molecule has 25 heavy (non-hydrogen) atoms. The Labute approximate surface area is 146 Å². The average Bonchev–Trinajstić information content (AvgIpc) is 3.21. The first kappa shape index (κ1) is 17.6. The number of hydrogen-bond acceptors (Lipinski definition) is 3. The molecule has 2 heterocycles. The molecule has 0 aliphatic carbocycles. The highest BCUT2D eigenvalue weighted by Gasteiger charge is 2.33. The van der Waals surface area contributed by atoms with Gasteiger partial charge in [0.1, 0.15) is 0 Å². The van der Waals surface area contributed by atoms with Gasteiger partial charge in [0.2, 0.25) is 11.8 Å². The van der Waals surface area contributed by atoms with Crippen LogP contribution < -0.4 is 10.2 Å². The Balaban J connectivity index is 1.48. The molecule has 0 bridgehead atoms. The number of nitrogens with zero attached hydrogens (tertiary/aromatic N) is 2. The minimum atomic E-state index is -0.848. The molecule has 2 amide bonds. The second-order valence-corrected chi connectivity index (χ2v) is 6.78. The van der Waals surface area contributed by atoms with Crippen LogP contribution in [0, 0.1) is 23.5 Å². The molecular formula is C18H23F2N3O2. The fourth-order valence-electron chi connectivity index (χ4n) is 3.56. The lowest BCUT2D eigenvalue weighted by molar-refractivity contribution is -0.128. The number of benzene rings is 1. The van der Waals surface area contributed by atoms with E-state index in [-0.39, 0.29) is 30.1 Å². The summed E-state index contributed by atoms with van der Waals surface area (Å²) in [7, 11) is 0. The number of halogens is 2. The number of likely N-dealkylation sites (tertiary alicyclic amines) is 1. The first-order valence-corrected chi connectivity index (χ1v) is 8.73. The monoisotopic (exact) mass is 351 g/mol. The van der Waals surface area contributed by atoms with Crippen molar-refractivity contribution in [3.63, 3.8) is 0 Å². The number of rotatable bonds is 5. The third-order valence-corrected chi connectivity index (χ3v) is 5.09. The van der Waals surface area contributed by atoms with Gasteiger partial charge in [-0.1, -0.05) is 0 Å². The van der Waals surface area contributed by atoms with Crippen molar-refractivity contribution in [2.45, 2.75) is 19.8 Å². The minimum absolute atomic E-state index is 0.0352. The van der Waals surface area contributed by atoms with E-state index in [2.05, 4.69) is 5.32 Å². The zero-order chi connectivity index (χ0) is 18.0. The normalized spacial score (nSPS) is 23.4. The molecule has 3 rings (SSSR count). The van der Waals surface area contributed by atoms with Gasteiger partial charge >= 0.3 is 0 Å². The van der Waals surface area contributed by atoms with Crippen LogP contribution in [-0.2, 0) is 9.59 Å². The second kappa shape index (κ2) is 7.37. The topological polar surface area (TPSA) is 52.7 Å². The number of anilines is 1. The van der Waals surface area contributed by atoms with Crippen molar-refractivity contribution in [3.8, 4) is 0 Å². The molecule has 0 aromatic heterocycles. The molecule has 2 atom stereocenters. The number of carbonyl (C=O) groups is 2. The van der Waals surface area contributed by atoms with E-state index < -0.39 is 11.6 Å². The molecular weight excluding hydrogens is 328 g/mol. The van der Waals surface area contributed by atoms with Gasteiger partial charge < -0.3 is 15.1 Å². The number of hydrogen-bond donors (Lipinski definition) is 1. The molecule has 0 spiro atoms. The van der Waals surface area contributed by atoms with Gasteiger partial charge in [-0.15, -0.1) is 0 Å². The van der Waals surface area contributed by atoms with Crippen molar-refractivity contribution in [2.75, 3.05) is 37.6 Å². The van der Waals surface area contributed by atoms with E-state index in [9.17, 15) is 18.4 Å². The fourth-order valence-corrected chi connectivity index (χ4v) is 3.56. The Morgan fingerprint density at radius 3 is 2.76 bits per heavy atom. The van der Waals surface area contributed by atoms with Gasteiger partial charge in [-0.25, -0.2) is 8.78 Å². The molecule has 5 nitrogen and oxygen atoms in total. The van der Waals surface area contributed by atoms with E-state index in [4.69, 9.17) is 0 Å². The average molecular weight is 351 g/mol. The molecule has 1 aromatic rings. The zero-order valence-corrected chi connectivity index (χ0v) is 14.3. The van der Waals surface area contributed by atoms with E-state index in [1.807, 2.05) is 11.8 Å². The molecule has 0 unspecified atom stereocenters. The number of carbonyl (C=O) groups excluding carboxylic acids is 2. The Bertz CT molecular complexity index is 668. The lowest BCUT2D eigenvalue weighted by Crippen LogP contribution is -2.36. The van der Waals surface area contributed by atoms with E-state index in [1.165, 1.54) is 6.07 Å². The summed E-state index contributed by atoms with van der Waals surface area (Å²) >= 11 is 0. The summed E-state index contributed by atoms with van der Waals surface area (Å²) < 4.78 is 26.4. The molecule has 2 fully saturated rings. The van der Waals surface area contributed by atoms with Crippen LogP contribution in [0.3, 0.4) is 0 Å². The van der Waals surface area contributed by atoms with Gasteiger partial charge in [-0.05, 0) is 31.4 Å². The first-order valence-electron chi connectivity index (χ1n) is 8.73. The van der Waals surface area contributed by atoms with E-state index in [0.717, 1.165) is 19.0 Å². The Hall–Kier alpha value is -2.18. The zero-order valence-electron chi connectivity index (χ0n) is 14.3. The lowest BCUT2D eigenvalue weighted by Gasteiger charge is -2.19.